The third-order valence-electron chi connectivity index (χ3n) is 6.12. The average Bonchev–Trinajstić information content (AvgIpc) is 2.82. The van der Waals surface area contributed by atoms with Crippen molar-refractivity contribution < 1.29 is 0 Å². The van der Waals surface area contributed by atoms with Gasteiger partial charge >= 0.3 is 0 Å². The third-order valence-corrected chi connectivity index (χ3v) is 6.12. The summed E-state index contributed by atoms with van der Waals surface area (Å²) in [5, 5.41) is 15.1. The normalized spacial score (nSPS) is 10.8. The Labute approximate surface area is 198 Å². The van der Waals surface area contributed by atoms with Gasteiger partial charge in [-0.1, -0.05) is 86.5 Å². The minimum atomic E-state index is 0.113. The van der Waals surface area contributed by atoms with E-state index in [2.05, 4.69) is 49.4 Å². The monoisotopic (exact) mass is 440 g/mol. The molecule has 3 rings (SSSR count). The van der Waals surface area contributed by atoms with E-state index in [1.807, 2.05) is 24.3 Å². The fraction of sp³-hybridized carbons (Fsp3) is 0.310. The Morgan fingerprint density at radius 2 is 0.909 bits per heavy atom. The van der Waals surface area contributed by atoms with Crippen LogP contribution in [0, 0.1) is 10.8 Å². The number of nitrogens with two attached hydrogens (primary N) is 2. The van der Waals surface area contributed by atoms with Crippen molar-refractivity contribution in [2.45, 2.75) is 58.3 Å². The molecule has 0 saturated heterocycles. The molecule has 0 fully saturated rings. The number of benzene rings is 3. The largest absolute Gasteiger partial charge is 0.384 e. The minimum Gasteiger partial charge on any atom is -0.384 e. The van der Waals surface area contributed by atoms with Crippen molar-refractivity contribution in [2.75, 3.05) is 0 Å². The van der Waals surface area contributed by atoms with Gasteiger partial charge in [0, 0.05) is 11.1 Å². The zero-order valence-electron chi connectivity index (χ0n) is 19.7. The number of aryl methyl sites for hydroxylation is 5. The topological polar surface area (TPSA) is 99.7 Å². The SMILES string of the molecule is CCCCCc1cc(CCc2ccc(C(=N)N)cc2)cc(CCc2ccc(C(=N)N)cc2)c1. The smallest absolute Gasteiger partial charge is 0.122 e. The van der Waals surface area contributed by atoms with Crippen LogP contribution in [0.1, 0.15) is 65.1 Å². The second-order valence-corrected chi connectivity index (χ2v) is 8.84. The molecule has 0 bridgehead atoms. The molecule has 0 aliphatic heterocycles. The Hall–Kier alpha value is -3.40. The Balaban J connectivity index is 1.69. The van der Waals surface area contributed by atoms with Crippen LogP contribution < -0.4 is 11.5 Å². The van der Waals surface area contributed by atoms with Gasteiger partial charge in [0.2, 0.25) is 0 Å². The molecular formula is C29H36N4. The van der Waals surface area contributed by atoms with Gasteiger partial charge < -0.3 is 11.5 Å². The van der Waals surface area contributed by atoms with Crippen LogP contribution in [-0.2, 0) is 32.1 Å². The number of hydrogen-bond donors (Lipinski definition) is 4. The molecule has 4 heteroatoms. The molecule has 0 heterocycles. The van der Waals surface area contributed by atoms with E-state index in [0.717, 1.165) is 43.2 Å². The fourth-order valence-corrected chi connectivity index (χ4v) is 4.13. The van der Waals surface area contributed by atoms with Crippen molar-refractivity contribution in [1.82, 2.24) is 0 Å². The van der Waals surface area contributed by atoms with Crippen LogP contribution in [0.4, 0.5) is 0 Å². The maximum atomic E-state index is 7.55. The summed E-state index contributed by atoms with van der Waals surface area (Å²) in [5.41, 5.74) is 19.4. The lowest BCUT2D eigenvalue weighted by molar-refractivity contribution is 0.716. The highest BCUT2D eigenvalue weighted by atomic mass is 14.7. The summed E-state index contributed by atoms with van der Waals surface area (Å²) < 4.78 is 0. The van der Waals surface area contributed by atoms with Crippen LogP contribution >= 0.6 is 0 Å². The number of unbranched alkanes of at least 4 members (excludes halogenated alkanes) is 2. The first kappa shape index (κ1) is 24.2. The fourth-order valence-electron chi connectivity index (χ4n) is 4.13. The summed E-state index contributed by atoms with van der Waals surface area (Å²) in [7, 11) is 0. The summed E-state index contributed by atoms with van der Waals surface area (Å²) in [6, 6.07) is 23.2. The molecule has 0 radical (unpaired) electrons. The zero-order valence-corrected chi connectivity index (χ0v) is 19.7. The van der Waals surface area contributed by atoms with Gasteiger partial charge in [0.1, 0.15) is 11.7 Å². The van der Waals surface area contributed by atoms with Crippen molar-refractivity contribution in [1.29, 1.82) is 10.8 Å². The van der Waals surface area contributed by atoms with Gasteiger partial charge in [0.25, 0.3) is 0 Å². The van der Waals surface area contributed by atoms with Gasteiger partial charge in [0.05, 0.1) is 0 Å². The third kappa shape index (κ3) is 7.60. The number of rotatable bonds is 12. The molecule has 4 nitrogen and oxygen atoms in total. The van der Waals surface area contributed by atoms with Crippen molar-refractivity contribution in [3.8, 4) is 0 Å². The van der Waals surface area contributed by atoms with Crippen LogP contribution in [0.25, 0.3) is 0 Å². The lowest BCUT2D eigenvalue weighted by Crippen LogP contribution is -2.10. The number of amidine groups is 2. The molecule has 0 spiro atoms. The average molecular weight is 441 g/mol. The lowest BCUT2D eigenvalue weighted by Gasteiger charge is -2.11. The summed E-state index contributed by atoms with van der Waals surface area (Å²) in [6.45, 7) is 2.25. The molecule has 0 aromatic heterocycles. The van der Waals surface area contributed by atoms with E-state index in [1.54, 1.807) is 0 Å². The second kappa shape index (κ2) is 12.0. The van der Waals surface area contributed by atoms with Crippen LogP contribution in [0.15, 0.2) is 66.7 Å². The summed E-state index contributed by atoms with van der Waals surface area (Å²) >= 11 is 0. The van der Waals surface area contributed by atoms with Crippen molar-refractivity contribution in [3.63, 3.8) is 0 Å². The maximum absolute atomic E-state index is 7.55. The quantitative estimate of drug-likeness (QED) is 0.168. The maximum Gasteiger partial charge on any atom is 0.122 e. The number of hydrogen-bond acceptors (Lipinski definition) is 2. The Kier molecular flexibility index (Phi) is 8.82. The van der Waals surface area contributed by atoms with Gasteiger partial charge in [-0.15, -0.1) is 0 Å². The molecule has 0 unspecified atom stereocenters. The second-order valence-electron chi connectivity index (χ2n) is 8.84. The molecule has 33 heavy (non-hydrogen) atoms. The molecule has 3 aromatic carbocycles. The highest BCUT2D eigenvalue weighted by molar-refractivity contribution is 5.95. The molecule has 6 N–H and O–H groups in total. The van der Waals surface area contributed by atoms with Crippen LogP contribution in [-0.4, -0.2) is 11.7 Å². The minimum absolute atomic E-state index is 0.113. The first-order valence-electron chi connectivity index (χ1n) is 11.9. The van der Waals surface area contributed by atoms with Gasteiger partial charge in [-0.3, -0.25) is 10.8 Å². The Morgan fingerprint density at radius 1 is 0.545 bits per heavy atom. The molecule has 0 aliphatic carbocycles. The zero-order chi connectivity index (χ0) is 23.6. The van der Waals surface area contributed by atoms with E-state index in [0.29, 0.717) is 0 Å². The molecule has 0 saturated carbocycles. The molecule has 0 aliphatic rings. The van der Waals surface area contributed by atoms with Crippen LogP contribution in [0.5, 0.6) is 0 Å². The van der Waals surface area contributed by atoms with E-state index in [4.69, 9.17) is 22.3 Å². The highest BCUT2D eigenvalue weighted by Gasteiger charge is 2.05. The van der Waals surface area contributed by atoms with E-state index in [-0.39, 0.29) is 11.7 Å². The first-order chi connectivity index (χ1) is 15.9. The van der Waals surface area contributed by atoms with E-state index >= 15 is 0 Å². The predicted octanol–water partition coefficient (Wildman–Crippen LogP) is 5.56. The first-order valence-corrected chi connectivity index (χ1v) is 11.9. The van der Waals surface area contributed by atoms with Gasteiger partial charge in [0.15, 0.2) is 0 Å². The van der Waals surface area contributed by atoms with Gasteiger partial charge in [-0.2, -0.15) is 0 Å². The van der Waals surface area contributed by atoms with Crippen LogP contribution in [0.2, 0.25) is 0 Å². The van der Waals surface area contributed by atoms with Crippen molar-refractivity contribution >= 4 is 11.7 Å². The van der Waals surface area contributed by atoms with Crippen molar-refractivity contribution in [2.24, 2.45) is 11.5 Å². The van der Waals surface area contributed by atoms with E-state index < -0.39 is 0 Å². The Bertz CT molecular complexity index is 986. The van der Waals surface area contributed by atoms with E-state index in [9.17, 15) is 0 Å². The molecule has 0 atom stereocenters. The standard InChI is InChI=1S/C29H36N4/c1-2-3-4-5-23-18-24(8-6-21-10-14-26(15-11-21)28(30)31)20-25(19-23)9-7-22-12-16-27(17-13-22)29(32)33/h10-20H,2-9H2,1H3,(H3,30,31)(H3,32,33). The summed E-state index contributed by atoms with van der Waals surface area (Å²) in [6.07, 6.45) is 8.82. The lowest BCUT2D eigenvalue weighted by atomic mass is 9.94. The molecule has 3 aromatic rings. The molecular weight excluding hydrogens is 404 g/mol. The molecule has 0 amide bonds. The van der Waals surface area contributed by atoms with Gasteiger partial charge in [-0.05, 0) is 66.3 Å². The summed E-state index contributed by atoms with van der Waals surface area (Å²) in [4.78, 5) is 0. The number of nitrogens with one attached hydrogen (secondary N) is 2. The predicted molar refractivity (Wildman–Crippen MR) is 139 cm³/mol. The molecule has 172 valence electrons. The van der Waals surface area contributed by atoms with Crippen LogP contribution in [0.3, 0.4) is 0 Å². The Morgan fingerprint density at radius 3 is 1.27 bits per heavy atom. The number of nitrogen functional groups attached to an aromatic ring is 2. The van der Waals surface area contributed by atoms with E-state index in [1.165, 1.54) is 47.1 Å². The van der Waals surface area contributed by atoms with Gasteiger partial charge in [-0.25, -0.2) is 0 Å². The van der Waals surface area contributed by atoms with Crippen molar-refractivity contribution in [3.05, 3.63) is 106 Å². The highest BCUT2D eigenvalue weighted by Crippen LogP contribution is 2.18. The summed E-state index contributed by atoms with van der Waals surface area (Å²) in [5.74, 6) is 0.226.